The highest BCUT2D eigenvalue weighted by Crippen LogP contribution is 2.44. The average Bonchev–Trinajstić information content (AvgIpc) is 3.21. The van der Waals surface area contributed by atoms with Crippen LogP contribution in [-0.4, -0.2) is 64.7 Å². The highest BCUT2D eigenvalue weighted by atomic mass is 32.2. The van der Waals surface area contributed by atoms with Crippen molar-refractivity contribution in [3.63, 3.8) is 0 Å². The molecule has 1 heterocycles. The van der Waals surface area contributed by atoms with E-state index in [-0.39, 0.29) is 24.5 Å². The zero-order chi connectivity index (χ0) is 24.4. The Bertz CT molecular complexity index is 1080. The Morgan fingerprint density at radius 3 is 2.34 bits per heavy atom. The summed E-state index contributed by atoms with van der Waals surface area (Å²) >= 11 is 1.56. The average molecular weight is 495 g/mol. The number of nitrogens with zero attached hydrogens (tertiary/aromatic N) is 1. The molecule has 1 saturated carbocycles. The Labute approximate surface area is 209 Å². The minimum absolute atomic E-state index is 0.0286. The van der Waals surface area contributed by atoms with Gasteiger partial charge in [0.25, 0.3) is 0 Å². The number of carbonyl (C=O) groups excluding carboxylic acids is 2. The molecule has 7 nitrogen and oxygen atoms in total. The predicted octanol–water partition coefficient (Wildman–Crippen LogP) is 4.11. The smallest absolute Gasteiger partial charge is 0.407 e. The van der Waals surface area contributed by atoms with E-state index < -0.39 is 24.0 Å². The molecule has 0 spiro atoms. The lowest BCUT2D eigenvalue weighted by Gasteiger charge is -2.39. The third-order valence-corrected chi connectivity index (χ3v) is 8.45. The van der Waals surface area contributed by atoms with Crippen LogP contribution in [-0.2, 0) is 14.3 Å². The van der Waals surface area contributed by atoms with Crippen LogP contribution in [0.4, 0.5) is 4.79 Å². The summed E-state index contributed by atoms with van der Waals surface area (Å²) in [4.78, 5) is 39.4. The molecule has 2 amide bonds. The Balaban J connectivity index is 1.25. The van der Waals surface area contributed by atoms with E-state index in [1.807, 2.05) is 24.3 Å². The molecule has 2 N–H and O–H groups in total. The lowest BCUT2D eigenvalue weighted by atomic mass is 9.83. The Hall–Kier alpha value is -3.00. The summed E-state index contributed by atoms with van der Waals surface area (Å²) in [7, 11) is 0. The standard InChI is InChI=1S/C27H30N2O5S/c30-25(29-13-14-35-16-24(29)26(31)32)21-11-5-6-12-23(21)28-27(33)34-15-22-19-9-3-1-7-17(19)18-8-2-4-10-20(18)22/h1-4,7-10,21-24H,5-6,11-16H2,(H,28,33)(H,31,32)/t21-,23+,24?/m0/s1. The van der Waals surface area contributed by atoms with Crippen molar-refractivity contribution in [3.8, 4) is 11.1 Å². The number of carboxylic acid groups (broad SMARTS) is 1. The third-order valence-electron chi connectivity index (χ3n) is 7.43. The van der Waals surface area contributed by atoms with E-state index >= 15 is 0 Å². The van der Waals surface area contributed by atoms with Crippen LogP contribution in [0.1, 0.15) is 42.7 Å². The van der Waals surface area contributed by atoms with Gasteiger partial charge < -0.3 is 20.1 Å². The molecule has 2 aromatic rings. The predicted molar refractivity (Wildman–Crippen MR) is 134 cm³/mol. The second-order valence-electron chi connectivity index (χ2n) is 9.43. The van der Waals surface area contributed by atoms with Gasteiger partial charge in [-0.15, -0.1) is 0 Å². The number of ether oxygens (including phenoxy) is 1. The first-order valence-corrected chi connectivity index (χ1v) is 13.4. The van der Waals surface area contributed by atoms with E-state index in [9.17, 15) is 19.5 Å². The van der Waals surface area contributed by atoms with Gasteiger partial charge in [-0.3, -0.25) is 4.79 Å². The van der Waals surface area contributed by atoms with Crippen LogP contribution in [0.2, 0.25) is 0 Å². The topological polar surface area (TPSA) is 95.9 Å². The Kier molecular flexibility index (Phi) is 7.00. The van der Waals surface area contributed by atoms with Crippen LogP contribution in [0.5, 0.6) is 0 Å². The molecule has 1 saturated heterocycles. The van der Waals surface area contributed by atoms with E-state index in [0.29, 0.717) is 25.1 Å². The van der Waals surface area contributed by atoms with E-state index in [2.05, 4.69) is 29.6 Å². The van der Waals surface area contributed by atoms with E-state index in [4.69, 9.17) is 4.74 Å². The van der Waals surface area contributed by atoms with Crippen molar-refractivity contribution in [1.29, 1.82) is 0 Å². The fraction of sp³-hybridized carbons (Fsp3) is 0.444. The number of rotatable bonds is 5. The molecule has 1 unspecified atom stereocenters. The normalized spacial score (nSPS) is 23.8. The fourth-order valence-corrected chi connectivity index (χ4v) is 6.71. The van der Waals surface area contributed by atoms with Gasteiger partial charge in [0.05, 0.1) is 5.92 Å². The van der Waals surface area contributed by atoms with Crippen molar-refractivity contribution in [1.82, 2.24) is 10.2 Å². The van der Waals surface area contributed by atoms with Gasteiger partial charge in [-0.2, -0.15) is 11.8 Å². The summed E-state index contributed by atoms with van der Waals surface area (Å²) in [6.45, 7) is 0.643. The van der Waals surface area contributed by atoms with Crippen LogP contribution in [0.15, 0.2) is 48.5 Å². The molecule has 2 fully saturated rings. The quantitative estimate of drug-likeness (QED) is 0.650. The number of hydrogen-bond acceptors (Lipinski definition) is 5. The summed E-state index contributed by atoms with van der Waals surface area (Å²) in [6.07, 6.45) is 2.60. The van der Waals surface area contributed by atoms with Gasteiger partial charge in [0, 0.05) is 30.0 Å². The lowest BCUT2D eigenvalue weighted by molar-refractivity contribution is -0.152. The molecule has 2 aliphatic carbocycles. The summed E-state index contributed by atoms with van der Waals surface area (Å²) in [6, 6.07) is 15.2. The molecule has 0 radical (unpaired) electrons. The maximum atomic E-state index is 13.4. The van der Waals surface area contributed by atoms with Crippen molar-refractivity contribution >= 4 is 29.7 Å². The molecule has 35 heavy (non-hydrogen) atoms. The van der Waals surface area contributed by atoms with Gasteiger partial charge in [-0.05, 0) is 35.1 Å². The number of benzene rings is 2. The van der Waals surface area contributed by atoms with E-state index in [1.165, 1.54) is 16.0 Å². The summed E-state index contributed by atoms with van der Waals surface area (Å²) in [5, 5.41) is 12.5. The van der Waals surface area contributed by atoms with Gasteiger partial charge in [-0.1, -0.05) is 61.4 Å². The van der Waals surface area contributed by atoms with Crippen molar-refractivity contribution in [2.24, 2.45) is 5.92 Å². The molecule has 1 aliphatic heterocycles. The van der Waals surface area contributed by atoms with Crippen LogP contribution in [0.3, 0.4) is 0 Å². The van der Waals surface area contributed by atoms with Gasteiger partial charge in [-0.25, -0.2) is 9.59 Å². The van der Waals surface area contributed by atoms with Gasteiger partial charge in [0.1, 0.15) is 12.6 Å². The molecule has 184 valence electrons. The molecule has 3 aliphatic rings. The molecular weight excluding hydrogens is 464 g/mol. The minimum Gasteiger partial charge on any atom is -0.480 e. The summed E-state index contributed by atoms with van der Waals surface area (Å²) < 4.78 is 5.70. The van der Waals surface area contributed by atoms with Gasteiger partial charge in [0.15, 0.2) is 0 Å². The molecule has 2 aromatic carbocycles. The number of carbonyl (C=O) groups is 3. The van der Waals surface area contributed by atoms with E-state index in [0.717, 1.165) is 29.7 Å². The molecule has 3 atom stereocenters. The highest BCUT2D eigenvalue weighted by molar-refractivity contribution is 7.99. The minimum atomic E-state index is -0.970. The number of nitrogens with one attached hydrogen (secondary N) is 1. The molecule has 0 aromatic heterocycles. The van der Waals surface area contributed by atoms with Crippen molar-refractivity contribution in [2.75, 3.05) is 24.7 Å². The van der Waals surface area contributed by atoms with Gasteiger partial charge >= 0.3 is 12.1 Å². The molecular formula is C27H30N2O5S. The molecule has 8 heteroatoms. The van der Waals surface area contributed by atoms with Crippen molar-refractivity contribution in [3.05, 3.63) is 59.7 Å². The number of aliphatic carboxylic acids is 1. The number of fused-ring (bicyclic) bond motifs is 3. The van der Waals surface area contributed by atoms with E-state index in [1.54, 1.807) is 11.8 Å². The Morgan fingerprint density at radius 1 is 1.00 bits per heavy atom. The SMILES string of the molecule is O=C(N[C@@H]1CCCC[C@@H]1C(=O)N1CCSCC1C(=O)O)OCC1c2ccccc2-c2ccccc21. The van der Waals surface area contributed by atoms with Crippen LogP contribution in [0, 0.1) is 5.92 Å². The number of hydrogen-bond donors (Lipinski definition) is 2. The van der Waals surface area contributed by atoms with Crippen LogP contribution in [0.25, 0.3) is 11.1 Å². The maximum absolute atomic E-state index is 13.4. The second-order valence-corrected chi connectivity index (χ2v) is 10.6. The fourth-order valence-electron chi connectivity index (χ4n) is 5.68. The number of alkyl carbamates (subject to hydrolysis) is 1. The van der Waals surface area contributed by atoms with Crippen molar-refractivity contribution in [2.45, 2.75) is 43.7 Å². The summed E-state index contributed by atoms with van der Waals surface area (Å²) in [5.74, 6) is -0.456. The van der Waals surface area contributed by atoms with Crippen LogP contribution >= 0.6 is 11.8 Å². The van der Waals surface area contributed by atoms with Crippen molar-refractivity contribution < 1.29 is 24.2 Å². The Morgan fingerprint density at radius 2 is 1.66 bits per heavy atom. The molecule has 0 bridgehead atoms. The number of amides is 2. The maximum Gasteiger partial charge on any atom is 0.407 e. The lowest BCUT2D eigenvalue weighted by Crippen LogP contribution is -2.56. The van der Waals surface area contributed by atoms with Gasteiger partial charge in [0.2, 0.25) is 5.91 Å². The van der Waals surface area contributed by atoms with Crippen LogP contribution < -0.4 is 5.32 Å². The first-order valence-electron chi connectivity index (χ1n) is 12.3. The monoisotopic (exact) mass is 494 g/mol. The second kappa shape index (κ2) is 10.3. The highest BCUT2D eigenvalue weighted by Gasteiger charge is 2.40. The number of thioether (sulfide) groups is 1. The molecule has 5 rings (SSSR count). The number of carboxylic acids is 1. The zero-order valence-corrected chi connectivity index (χ0v) is 20.3. The first kappa shape index (κ1) is 23.7. The largest absolute Gasteiger partial charge is 0.480 e. The third kappa shape index (κ3) is 4.76. The first-order chi connectivity index (χ1) is 17.0. The zero-order valence-electron chi connectivity index (χ0n) is 19.5. The summed E-state index contributed by atoms with van der Waals surface area (Å²) in [5.41, 5.74) is 4.63.